The molecule has 1 aliphatic heterocycles. The van der Waals surface area contributed by atoms with E-state index in [-0.39, 0.29) is 0 Å². The van der Waals surface area contributed by atoms with Crippen LogP contribution in [0.2, 0.25) is 0 Å². The topological polar surface area (TPSA) is 18.5 Å². The summed E-state index contributed by atoms with van der Waals surface area (Å²) in [4.78, 5) is 4.93. The molecule has 1 aromatic rings. The van der Waals surface area contributed by atoms with Crippen LogP contribution in [-0.2, 0) is 6.54 Å². The molecule has 4 heteroatoms. The molecule has 0 amide bonds. The van der Waals surface area contributed by atoms with Gasteiger partial charge in [-0.05, 0) is 44.8 Å². The van der Waals surface area contributed by atoms with E-state index < -0.39 is 0 Å². The first-order valence-electron chi connectivity index (χ1n) is 6.50. The van der Waals surface area contributed by atoms with Crippen LogP contribution in [0.5, 0.6) is 0 Å². The van der Waals surface area contributed by atoms with Crippen LogP contribution in [0.1, 0.15) is 12.5 Å². The Hall–Kier alpha value is -0.580. The number of rotatable bonds is 3. The molecular formula is C14H22BrN3. The normalized spacial score (nSPS) is 21.3. The van der Waals surface area contributed by atoms with Crippen molar-refractivity contribution in [3.63, 3.8) is 0 Å². The fourth-order valence-electron chi connectivity index (χ4n) is 2.46. The van der Waals surface area contributed by atoms with Crippen LogP contribution in [0.15, 0.2) is 22.7 Å². The van der Waals surface area contributed by atoms with Gasteiger partial charge in [-0.25, -0.2) is 0 Å². The molecule has 0 saturated carbocycles. The summed E-state index contributed by atoms with van der Waals surface area (Å²) in [6.07, 6.45) is 0. The lowest BCUT2D eigenvalue weighted by atomic mass is 10.1. The molecule has 0 bridgehead atoms. The molecule has 0 aromatic heterocycles. The minimum atomic E-state index is 0.616. The first kappa shape index (κ1) is 13.8. The molecule has 100 valence electrons. The van der Waals surface area contributed by atoms with Gasteiger partial charge in [0.2, 0.25) is 0 Å². The number of halogens is 1. The maximum atomic E-state index is 3.56. The second kappa shape index (κ2) is 6.04. The van der Waals surface area contributed by atoms with E-state index in [0.29, 0.717) is 6.04 Å². The van der Waals surface area contributed by atoms with E-state index in [1.54, 1.807) is 0 Å². The van der Waals surface area contributed by atoms with Crippen molar-refractivity contribution in [2.75, 3.05) is 38.6 Å². The molecule has 1 unspecified atom stereocenters. The Kier molecular flexibility index (Phi) is 4.65. The maximum Gasteiger partial charge on any atom is 0.0413 e. The first-order valence-corrected chi connectivity index (χ1v) is 7.29. The zero-order valence-electron chi connectivity index (χ0n) is 11.4. The number of benzene rings is 1. The van der Waals surface area contributed by atoms with Gasteiger partial charge in [0.15, 0.2) is 0 Å². The highest BCUT2D eigenvalue weighted by Gasteiger charge is 2.22. The third kappa shape index (κ3) is 3.05. The summed E-state index contributed by atoms with van der Waals surface area (Å²) in [5.74, 6) is 0. The summed E-state index contributed by atoms with van der Waals surface area (Å²) >= 11 is 3.56. The lowest BCUT2D eigenvalue weighted by Crippen LogP contribution is -2.50. The predicted molar refractivity (Wildman–Crippen MR) is 81.2 cm³/mol. The maximum absolute atomic E-state index is 3.56. The van der Waals surface area contributed by atoms with Crippen molar-refractivity contribution in [3.8, 4) is 0 Å². The third-order valence-electron chi connectivity index (χ3n) is 3.71. The molecule has 0 radical (unpaired) electrons. The molecule has 1 fully saturated rings. The summed E-state index contributed by atoms with van der Waals surface area (Å²) in [5.41, 5.74) is 2.73. The van der Waals surface area contributed by atoms with Gasteiger partial charge in [0.05, 0.1) is 0 Å². The number of anilines is 1. The number of nitrogens with one attached hydrogen (secondary N) is 1. The summed E-state index contributed by atoms with van der Waals surface area (Å²) in [6, 6.07) is 7.20. The second-order valence-corrected chi connectivity index (χ2v) is 5.99. The molecular weight excluding hydrogens is 290 g/mol. The third-order valence-corrected chi connectivity index (χ3v) is 4.20. The van der Waals surface area contributed by atoms with E-state index in [9.17, 15) is 0 Å². The number of hydrogen-bond acceptors (Lipinski definition) is 3. The average Bonchev–Trinajstić information content (AvgIpc) is 2.34. The van der Waals surface area contributed by atoms with Crippen LogP contribution in [0, 0.1) is 0 Å². The fraction of sp³-hybridized carbons (Fsp3) is 0.571. The first-order chi connectivity index (χ1) is 8.61. The molecule has 1 aromatic carbocycles. The molecule has 2 rings (SSSR count). The van der Waals surface area contributed by atoms with Crippen LogP contribution in [0.25, 0.3) is 0 Å². The van der Waals surface area contributed by atoms with Crippen molar-refractivity contribution >= 4 is 21.6 Å². The number of likely N-dealkylation sites (N-methyl/N-ethyl adjacent to an activating group) is 1. The van der Waals surface area contributed by atoms with Gasteiger partial charge in [0.1, 0.15) is 0 Å². The molecule has 0 spiro atoms. The molecule has 18 heavy (non-hydrogen) atoms. The molecule has 1 heterocycles. The van der Waals surface area contributed by atoms with E-state index in [1.807, 2.05) is 7.05 Å². The van der Waals surface area contributed by atoms with E-state index in [1.165, 1.54) is 11.3 Å². The van der Waals surface area contributed by atoms with E-state index in [4.69, 9.17) is 0 Å². The van der Waals surface area contributed by atoms with Crippen molar-refractivity contribution in [1.29, 1.82) is 0 Å². The SMILES string of the molecule is CNCc1cc(Br)ccc1N1CCN(C)C(C)C1. The Labute approximate surface area is 118 Å². The van der Waals surface area contributed by atoms with Gasteiger partial charge in [0.25, 0.3) is 0 Å². The zero-order valence-corrected chi connectivity index (χ0v) is 13.0. The summed E-state index contributed by atoms with van der Waals surface area (Å²) in [7, 11) is 4.20. The zero-order chi connectivity index (χ0) is 13.1. The largest absolute Gasteiger partial charge is 0.368 e. The smallest absolute Gasteiger partial charge is 0.0413 e. The van der Waals surface area contributed by atoms with Crippen LogP contribution in [-0.4, -0.2) is 44.7 Å². The van der Waals surface area contributed by atoms with Crippen LogP contribution >= 0.6 is 15.9 Å². The Morgan fingerprint density at radius 2 is 2.17 bits per heavy atom. The fourth-order valence-corrected chi connectivity index (χ4v) is 2.87. The summed E-state index contributed by atoms with van der Waals surface area (Å²) < 4.78 is 1.15. The van der Waals surface area contributed by atoms with Crippen LogP contribution in [0.4, 0.5) is 5.69 Å². The second-order valence-electron chi connectivity index (χ2n) is 5.08. The highest BCUT2D eigenvalue weighted by Crippen LogP contribution is 2.26. The van der Waals surface area contributed by atoms with E-state index >= 15 is 0 Å². The lowest BCUT2D eigenvalue weighted by molar-refractivity contribution is 0.234. The standard InChI is InChI=1S/C14H22BrN3/c1-11-10-18(7-6-17(11)3)14-5-4-13(15)8-12(14)9-16-2/h4-5,8,11,16H,6-7,9-10H2,1-3H3. The molecule has 1 saturated heterocycles. The van der Waals surface area contributed by atoms with E-state index in [0.717, 1.165) is 30.7 Å². The summed E-state index contributed by atoms with van der Waals surface area (Å²) in [5, 5.41) is 3.25. The number of nitrogens with zero attached hydrogens (tertiary/aromatic N) is 2. The Balaban J connectivity index is 2.22. The highest BCUT2D eigenvalue weighted by molar-refractivity contribution is 9.10. The molecule has 1 aliphatic rings. The van der Waals surface area contributed by atoms with E-state index in [2.05, 4.69) is 63.2 Å². The average molecular weight is 312 g/mol. The predicted octanol–water partition coefficient (Wildman–Crippen LogP) is 2.31. The van der Waals surface area contributed by atoms with Crippen molar-refractivity contribution < 1.29 is 0 Å². The van der Waals surface area contributed by atoms with Crippen molar-refractivity contribution in [1.82, 2.24) is 10.2 Å². The van der Waals surface area contributed by atoms with Gasteiger partial charge < -0.3 is 15.1 Å². The van der Waals surface area contributed by atoms with Crippen molar-refractivity contribution in [2.45, 2.75) is 19.5 Å². The Morgan fingerprint density at radius 1 is 1.39 bits per heavy atom. The summed E-state index contributed by atoms with van der Waals surface area (Å²) in [6.45, 7) is 6.56. The minimum Gasteiger partial charge on any atom is -0.368 e. The van der Waals surface area contributed by atoms with Crippen molar-refractivity contribution in [3.05, 3.63) is 28.2 Å². The Morgan fingerprint density at radius 3 is 2.83 bits per heavy atom. The Bertz CT molecular complexity index is 408. The molecule has 1 atom stereocenters. The monoisotopic (exact) mass is 311 g/mol. The number of piperazine rings is 1. The number of hydrogen-bond donors (Lipinski definition) is 1. The highest BCUT2D eigenvalue weighted by atomic mass is 79.9. The van der Waals surface area contributed by atoms with Gasteiger partial charge in [-0.2, -0.15) is 0 Å². The lowest BCUT2D eigenvalue weighted by Gasteiger charge is -2.39. The minimum absolute atomic E-state index is 0.616. The van der Waals surface area contributed by atoms with Crippen molar-refractivity contribution in [2.24, 2.45) is 0 Å². The van der Waals surface area contributed by atoms with Gasteiger partial charge >= 0.3 is 0 Å². The van der Waals surface area contributed by atoms with Gasteiger partial charge in [-0.1, -0.05) is 15.9 Å². The van der Waals surface area contributed by atoms with Gasteiger partial charge in [-0.15, -0.1) is 0 Å². The quantitative estimate of drug-likeness (QED) is 0.924. The van der Waals surface area contributed by atoms with Gasteiger partial charge in [-0.3, -0.25) is 0 Å². The van der Waals surface area contributed by atoms with Crippen LogP contribution < -0.4 is 10.2 Å². The molecule has 1 N–H and O–H groups in total. The molecule has 3 nitrogen and oxygen atoms in total. The molecule has 0 aliphatic carbocycles. The van der Waals surface area contributed by atoms with Gasteiger partial charge in [0, 0.05) is 42.4 Å². The van der Waals surface area contributed by atoms with Crippen LogP contribution in [0.3, 0.4) is 0 Å².